The summed E-state index contributed by atoms with van der Waals surface area (Å²) in [7, 11) is 1.00. The van der Waals surface area contributed by atoms with Crippen LogP contribution in [0.3, 0.4) is 0 Å². The SMILES string of the molecule is CO.O=Cc1ccc(O)c(O)c1O. The number of hydrogen-bond donors (Lipinski definition) is 4. The Morgan fingerprint density at radius 3 is 2.08 bits per heavy atom. The molecule has 5 nitrogen and oxygen atoms in total. The largest absolute Gasteiger partial charge is 0.504 e. The smallest absolute Gasteiger partial charge is 0.201 e. The maximum absolute atomic E-state index is 10.1. The molecule has 13 heavy (non-hydrogen) atoms. The number of benzene rings is 1. The van der Waals surface area contributed by atoms with E-state index < -0.39 is 17.2 Å². The molecule has 0 saturated carbocycles. The number of phenolic OH excluding ortho intramolecular Hbond substituents is 3. The highest BCUT2D eigenvalue weighted by Crippen LogP contribution is 2.35. The van der Waals surface area contributed by atoms with E-state index in [1.807, 2.05) is 0 Å². The molecule has 0 aliphatic carbocycles. The summed E-state index contributed by atoms with van der Waals surface area (Å²) in [4.78, 5) is 10.1. The molecule has 1 aromatic rings. The van der Waals surface area contributed by atoms with Gasteiger partial charge in [0.15, 0.2) is 17.8 Å². The third-order valence-corrected chi connectivity index (χ3v) is 1.29. The summed E-state index contributed by atoms with van der Waals surface area (Å²) >= 11 is 0. The Balaban J connectivity index is 0.000000671. The summed E-state index contributed by atoms with van der Waals surface area (Å²) in [5.41, 5.74) is -0.0553. The Morgan fingerprint density at radius 1 is 1.08 bits per heavy atom. The first kappa shape index (κ1) is 11.2. The lowest BCUT2D eigenvalue weighted by atomic mass is 10.2. The molecule has 0 unspecified atom stereocenters. The third-order valence-electron chi connectivity index (χ3n) is 1.29. The fourth-order valence-corrected chi connectivity index (χ4v) is 0.680. The van der Waals surface area contributed by atoms with Gasteiger partial charge in [-0.15, -0.1) is 0 Å². The molecule has 5 heteroatoms. The van der Waals surface area contributed by atoms with Crippen molar-refractivity contribution in [3.05, 3.63) is 17.7 Å². The molecular formula is C8H10O5. The quantitative estimate of drug-likeness (QED) is 0.371. The van der Waals surface area contributed by atoms with Crippen LogP contribution in [-0.4, -0.2) is 33.8 Å². The summed E-state index contributed by atoms with van der Waals surface area (Å²) in [6, 6.07) is 2.33. The van der Waals surface area contributed by atoms with Gasteiger partial charge in [-0.3, -0.25) is 4.79 Å². The second kappa shape index (κ2) is 5.00. The summed E-state index contributed by atoms with van der Waals surface area (Å²) in [6.07, 6.45) is 0.383. The number of carbonyl (C=O) groups is 1. The molecule has 1 aromatic carbocycles. The van der Waals surface area contributed by atoms with E-state index in [1.165, 1.54) is 6.07 Å². The first-order chi connectivity index (χ1) is 6.16. The molecule has 0 aliphatic rings. The molecular weight excluding hydrogens is 176 g/mol. The van der Waals surface area contributed by atoms with Crippen LogP contribution in [0, 0.1) is 0 Å². The first-order valence-corrected chi connectivity index (χ1v) is 3.30. The van der Waals surface area contributed by atoms with Gasteiger partial charge in [-0.25, -0.2) is 0 Å². The van der Waals surface area contributed by atoms with Crippen LogP contribution in [0.2, 0.25) is 0 Å². The van der Waals surface area contributed by atoms with Crippen molar-refractivity contribution in [3.8, 4) is 17.2 Å². The molecule has 4 N–H and O–H groups in total. The Hall–Kier alpha value is -1.75. The van der Waals surface area contributed by atoms with E-state index >= 15 is 0 Å². The average Bonchev–Trinajstić information content (AvgIpc) is 2.18. The van der Waals surface area contributed by atoms with E-state index in [9.17, 15) is 4.79 Å². The number of phenols is 3. The lowest BCUT2D eigenvalue weighted by Gasteiger charge is -2.00. The summed E-state index contributed by atoms with van der Waals surface area (Å²) in [5, 5.41) is 33.6. The second-order valence-corrected chi connectivity index (χ2v) is 1.99. The van der Waals surface area contributed by atoms with Crippen molar-refractivity contribution in [1.82, 2.24) is 0 Å². The molecule has 0 aromatic heterocycles. The normalized spacial score (nSPS) is 8.46. The summed E-state index contributed by atoms with van der Waals surface area (Å²) < 4.78 is 0. The highest BCUT2D eigenvalue weighted by Gasteiger charge is 2.09. The topological polar surface area (TPSA) is 98.0 Å². The maximum atomic E-state index is 10.1. The van der Waals surface area contributed by atoms with Gasteiger partial charge in [0.2, 0.25) is 5.75 Å². The standard InChI is InChI=1S/C7H6O4.CH4O/c8-3-4-1-2-5(9)7(11)6(4)10;1-2/h1-3,9-11H;2H,1H3. The Bertz CT molecular complexity index is 295. The number of aromatic hydroxyl groups is 3. The van der Waals surface area contributed by atoms with Crippen molar-refractivity contribution in [1.29, 1.82) is 0 Å². The molecule has 0 bridgehead atoms. The van der Waals surface area contributed by atoms with E-state index in [0.29, 0.717) is 6.29 Å². The Kier molecular flexibility index (Phi) is 4.32. The van der Waals surface area contributed by atoms with Gasteiger partial charge in [0.1, 0.15) is 0 Å². The average molecular weight is 186 g/mol. The van der Waals surface area contributed by atoms with Crippen LogP contribution in [-0.2, 0) is 0 Å². The van der Waals surface area contributed by atoms with Crippen LogP contribution in [0.15, 0.2) is 12.1 Å². The lowest BCUT2D eigenvalue weighted by molar-refractivity contribution is 0.112. The van der Waals surface area contributed by atoms with E-state index in [4.69, 9.17) is 20.4 Å². The predicted octanol–water partition coefficient (Wildman–Crippen LogP) is 0.224. The van der Waals surface area contributed by atoms with Gasteiger partial charge in [0.25, 0.3) is 0 Å². The van der Waals surface area contributed by atoms with Gasteiger partial charge in [-0.1, -0.05) is 0 Å². The van der Waals surface area contributed by atoms with Gasteiger partial charge >= 0.3 is 0 Å². The highest BCUT2D eigenvalue weighted by atomic mass is 16.3. The number of aliphatic hydroxyl groups is 1. The summed E-state index contributed by atoms with van der Waals surface area (Å²) in [6.45, 7) is 0. The first-order valence-electron chi connectivity index (χ1n) is 3.30. The Labute approximate surface area is 74.5 Å². The molecule has 0 saturated heterocycles. The number of carbonyl (C=O) groups excluding carboxylic acids is 1. The van der Waals surface area contributed by atoms with Crippen molar-refractivity contribution >= 4 is 6.29 Å². The lowest BCUT2D eigenvalue weighted by Crippen LogP contribution is -1.81. The molecule has 72 valence electrons. The van der Waals surface area contributed by atoms with Crippen molar-refractivity contribution in [3.63, 3.8) is 0 Å². The minimum atomic E-state index is -0.672. The molecule has 0 spiro atoms. The van der Waals surface area contributed by atoms with Crippen LogP contribution >= 0.6 is 0 Å². The number of rotatable bonds is 1. The summed E-state index contributed by atoms with van der Waals surface area (Å²) in [5.74, 6) is -1.72. The van der Waals surface area contributed by atoms with E-state index in [2.05, 4.69) is 0 Å². The van der Waals surface area contributed by atoms with Crippen LogP contribution in [0.1, 0.15) is 10.4 Å². The zero-order valence-electron chi connectivity index (χ0n) is 6.93. The van der Waals surface area contributed by atoms with Crippen LogP contribution in [0.4, 0.5) is 0 Å². The van der Waals surface area contributed by atoms with Crippen LogP contribution in [0.5, 0.6) is 17.2 Å². The van der Waals surface area contributed by atoms with Crippen molar-refractivity contribution < 1.29 is 25.2 Å². The van der Waals surface area contributed by atoms with Gasteiger partial charge < -0.3 is 20.4 Å². The minimum Gasteiger partial charge on any atom is -0.504 e. The zero-order chi connectivity index (χ0) is 10.4. The molecule has 0 fully saturated rings. The highest BCUT2D eigenvalue weighted by molar-refractivity contribution is 5.81. The molecule has 1 rings (SSSR count). The minimum absolute atomic E-state index is 0.0553. The van der Waals surface area contributed by atoms with E-state index in [-0.39, 0.29) is 5.56 Å². The predicted molar refractivity (Wildman–Crippen MR) is 45.0 cm³/mol. The monoisotopic (exact) mass is 186 g/mol. The van der Waals surface area contributed by atoms with Gasteiger partial charge in [-0.05, 0) is 12.1 Å². The fraction of sp³-hybridized carbons (Fsp3) is 0.125. The third kappa shape index (κ3) is 2.34. The van der Waals surface area contributed by atoms with Gasteiger partial charge in [-0.2, -0.15) is 0 Å². The van der Waals surface area contributed by atoms with E-state index in [0.717, 1.165) is 13.2 Å². The number of aldehydes is 1. The van der Waals surface area contributed by atoms with Crippen molar-refractivity contribution in [2.24, 2.45) is 0 Å². The molecule has 0 amide bonds. The molecule has 0 heterocycles. The molecule has 0 atom stereocenters. The van der Waals surface area contributed by atoms with Gasteiger partial charge in [0.05, 0.1) is 5.56 Å². The van der Waals surface area contributed by atoms with Crippen LogP contribution in [0.25, 0.3) is 0 Å². The second-order valence-electron chi connectivity index (χ2n) is 1.99. The zero-order valence-corrected chi connectivity index (χ0v) is 6.93. The van der Waals surface area contributed by atoms with Gasteiger partial charge in [0, 0.05) is 7.11 Å². The maximum Gasteiger partial charge on any atom is 0.201 e. The number of hydrogen-bond acceptors (Lipinski definition) is 5. The molecule has 0 radical (unpaired) electrons. The number of aliphatic hydroxyl groups excluding tert-OH is 1. The van der Waals surface area contributed by atoms with Crippen molar-refractivity contribution in [2.75, 3.05) is 7.11 Å². The Morgan fingerprint density at radius 2 is 1.62 bits per heavy atom. The molecule has 0 aliphatic heterocycles. The van der Waals surface area contributed by atoms with Crippen LogP contribution < -0.4 is 0 Å². The fourth-order valence-electron chi connectivity index (χ4n) is 0.680. The van der Waals surface area contributed by atoms with E-state index in [1.54, 1.807) is 0 Å². The van der Waals surface area contributed by atoms with Crippen molar-refractivity contribution in [2.45, 2.75) is 0 Å².